The molecule has 1 aromatic heterocycles. The second kappa shape index (κ2) is 6.43. The molecular weight excluding hydrogens is 238 g/mol. The number of phenolic OH excluding ortho intramolecular Hbond substituents is 1. The van der Waals surface area contributed by atoms with Crippen molar-refractivity contribution in [3.05, 3.63) is 54.0 Å². The standard InChI is InChI=1S/C16H21NO2/c1-12(5-10-16-4-3-11-19-16)17-13(2)14-6-8-15(18)9-7-14/h3-4,6-9,11-13,17-18H,5,10H2,1-2H3. The molecular formula is C16H21NO2. The number of hydrogen-bond donors (Lipinski definition) is 2. The van der Waals surface area contributed by atoms with E-state index in [1.807, 2.05) is 24.3 Å². The molecule has 0 aliphatic carbocycles. The van der Waals surface area contributed by atoms with E-state index >= 15 is 0 Å². The van der Waals surface area contributed by atoms with Crippen LogP contribution in [-0.2, 0) is 6.42 Å². The van der Waals surface area contributed by atoms with Gasteiger partial charge in [-0.3, -0.25) is 0 Å². The van der Waals surface area contributed by atoms with Gasteiger partial charge in [0.15, 0.2) is 0 Å². The summed E-state index contributed by atoms with van der Waals surface area (Å²) in [4.78, 5) is 0. The lowest BCUT2D eigenvalue weighted by Gasteiger charge is -2.20. The highest BCUT2D eigenvalue weighted by atomic mass is 16.3. The van der Waals surface area contributed by atoms with Crippen LogP contribution in [0.4, 0.5) is 0 Å². The molecule has 0 saturated carbocycles. The largest absolute Gasteiger partial charge is 0.508 e. The van der Waals surface area contributed by atoms with E-state index in [2.05, 4.69) is 19.2 Å². The van der Waals surface area contributed by atoms with Gasteiger partial charge in [-0.25, -0.2) is 0 Å². The monoisotopic (exact) mass is 259 g/mol. The molecule has 2 aromatic rings. The number of aryl methyl sites for hydroxylation is 1. The zero-order valence-corrected chi connectivity index (χ0v) is 11.5. The number of phenols is 1. The van der Waals surface area contributed by atoms with Crippen LogP contribution in [0.3, 0.4) is 0 Å². The third-order valence-electron chi connectivity index (χ3n) is 3.33. The molecule has 2 N–H and O–H groups in total. The molecule has 3 heteroatoms. The van der Waals surface area contributed by atoms with Gasteiger partial charge in [-0.15, -0.1) is 0 Å². The Morgan fingerprint density at radius 3 is 2.53 bits per heavy atom. The molecule has 1 aromatic carbocycles. The van der Waals surface area contributed by atoms with E-state index in [-0.39, 0.29) is 6.04 Å². The van der Waals surface area contributed by atoms with Crippen LogP contribution in [0.1, 0.15) is 37.6 Å². The highest BCUT2D eigenvalue weighted by Gasteiger charge is 2.10. The van der Waals surface area contributed by atoms with Crippen LogP contribution >= 0.6 is 0 Å². The van der Waals surface area contributed by atoms with Crippen molar-refractivity contribution < 1.29 is 9.52 Å². The van der Waals surface area contributed by atoms with Gasteiger partial charge >= 0.3 is 0 Å². The third-order valence-corrected chi connectivity index (χ3v) is 3.33. The Hall–Kier alpha value is -1.74. The molecule has 0 radical (unpaired) electrons. The molecule has 2 rings (SSSR count). The summed E-state index contributed by atoms with van der Waals surface area (Å²) >= 11 is 0. The van der Waals surface area contributed by atoms with Gasteiger partial charge < -0.3 is 14.8 Å². The maximum Gasteiger partial charge on any atom is 0.115 e. The molecule has 102 valence electrons. The number of nitrogens with one attached hydrogen (secondary N) is 1. The highest BCUT2D eigenvalue weighted by molar-refractivity contribution is 5.27. The van der Waals surface area contributed by atoms with Gasteiger partial charge in [-0.1, -0.05) is 12.1 Å². The maximum absolute atomic E-state index is 9.28. The lowest BCUT2D eigenvalue weighted by molar-refractivity contribution is 0.430. The van der Waals surface area contributed by atoms with E-state index in [4.69, 9.17) is 4.42 Å². The first kappa shape index (κ1) is 13.7. The topological polar surface area (TPSA) is 45.4 Å². The lowest BCUT2D eigenvalue weighted by Crippen LogP contribution is -2.29. The van der Waals surface area contributed by atoms with Crippen LogP contribution < -0.4 is 5.32 Å². The molecule has 0 amide bonds. The first-order chi connectivity index (χ1) is 9.15. The first-order valence-electron chi connectivity index (χ1n) is 6.72. The minimum atomic E-state index is 0.271. The van der Waals surface area contributed by atoms with Gasteiger partial charge in [0.2, 0.25) is 0 Å². The number of furan rings is 1. The summed E-state index contributed by atoms with van der Waals surface area (Å²) in [5, 5.41) is 12.8. The number of aromatic hydroxyl groups is 1. The Balaban J connectivity index is 1.81. The lowest BCUT2D eigenvalue weighted by atomic mass is 10.1. The van der Waals surface area contributed by atoms with E-state index in [9.17, 15) is 5.11 Å². The molecule has 0 aliphatic heterocycles. The Morgan fingerprint density at radius 2 is 1.89 bits per heavy atom. The van der Waals surface area contributed by atoms with Gasteiger partial charge in [0.25, 0.3) is 0 Å². The van der Waals surface area contributed by atoms with Crippen LogP contribution in [0.5, 0.6) is 5.75 Å². The minimum absolute atomic E-state index is 0.271. The Morgan fingerprint density at radius 1 is 1.16 bits per heavy atom. The predicted molar refractivity (Wildman–Crippen MR) is 76.1 cm³/mol. The molecule has 2 unspecified atom stereocenters. The number of benzene rings is 1. The fourth-order valence-electron chi connectivity index (χ4n) is 2.18. The Bertz CT molecular complexity index is 476. The van der Waals surface area contributed by atoms with E-state index in [1.54, 1.807) is 18.4 Å². The zero-order valence-electron chi connectivity index (χ0n) is 11.5. The molecule has 0 fully saturated rings. The zero-order chi connectivity index (χ0) is 13.7. The second-order valence-corrected chi connectivity index (χ2v) is 5.00. The van der Waals surface area contributed by atoms with Crippen LogP contribution in [-0.4, -0.2) is 11.1 Å². The summed E-state index contributed by atoms with van der Waals surface area (Å²) in [6, 6.07) is 12.0. The maximum atomic E-state index is 9.28. The van der Waals surface area contributed by atoms with Gasteiger partial charge in [-0.2, -0.15) is 0 Å². The van der Waals surface area contributed by atoms with E-state index in [1.165, 1.54) is 5.56 Å². The smallest absolute Gasteiger partial charge is 0.115 e. The van der Waals surface area contributed by atoms with Gasteiger partial charge in [0.05, 0.1) is 6.26 Å². The molecule has 0 aliphatic rings. The summed E-state index contributed by atoms with van der Waals surface area (Å²) in [6.07, 6.45) is 3.70. The van der Waals surface area contributed by atoms with Crippen molar-refractivity contribution in [3.8, 4) is 5.75 Å². The Kier molecular flexibility index (Phi) is 4.63. The van der Waals surface area contributed by atoms with E-state index in [0.717, 1.165) is 18.6 Å². The number of rotatable bonds is 6. The molecule has 0 bridgehead atoms. The average molecular weight is 259 g/mol. The third kappa shape index (κ3) is 4.14. The highest BCUT2D eigenvalue weighted by Crippen LogP contribution is 2.17. The average Bonchev–Trinajstić information content (AvgIpc) is 2.90. The SMILES string of the molecule is CC(CCc1ccco1)NC(C)c1ccc(O)cc1. The molecule has 3 nitrogen and oxygen atoms in total. The second-order valence-electron chi connectivity index (χ2n) is 5.00. The van der Waals surface area contributed by atoms with Crippen molar-refractivity contribution in [2.75, 3.05) is 0 Å². The van der Waals surface area contributed by atoms with Crippen molar-refractivity contribution >= 4 is 0 Å². The van der Waals surface area contributed by atoms with Crippen molar-refractivity contribution in [3.63, 3.8) is 0 Å². The van der Waals surface area contributed by atoms with Crippen LogP contribution in [0, 0.1) is 0 Å². The Labute approximate surface area is 114 Å². The summed E-state index contributed by atoms with van der Waals surface area (Å²) in [6.45, 7) is 4.32. The fourth-order valence-corrected chi connectivity index (χ4v) is 2.18. The molecule has 1 heterocycles. The summed E-state index contributed by atoms with van der Waals surface area (Å²) in [5.74, 6) is 1.34. The molecule has 2 atom stereocenters. The van der Waals surface area contributed by atoms with Gasteiger partial charge in [-0.05, 0) is 50.1 Å². The fraction of sp³-hybridized carbons (Fsp3) is 0.375. The van der Waals surface area contributed by atoms with Crippen molar-refractivity contribution in [2.45, 2.75) is 38.8 Å². The van der Waals surface area contributed by atoms with Crippen LogP contribution in [0.15, 0.2) is 47.1 Å². The molecule has 0 saturated heterocycles. The first-order valence-corrected chi connectivity index (χ1v) is 6.72. The van der Waals surface area contributed by atoms with Gasteiger partial charge in [0, 0.05) is 18.5 Å². The molecule has 0 spiro atoms. The van der Waals surface area contributed by atoms with Crippen molar-refractivity contribution in [1.29, 1.82) is 0 Å². The normalized spacial score (nSPS) is 14.2. The van der Waals surface area contributed by atoms with Crippen LogP contribution in [0.25, 0.3) is 0 Å². The van der Waals surface area contributed by atoms with E-state index in [0.29, 0.717) is 11.8 Å². The van der Waals surface area contributed by atoms with E-state index < -0.39 is 0 Å². The van der Waals surface area contributed by atoms with Crippen molar-refractivity contribution in [2.24, 2.45) is 0 Å². The quantitative estimate of drug-likeness (QED) is 0.832. The van der Waals surface area contributed by atoms with Crippen LogP contribution in [0.2, 0.25) is 0 Å². The molecule has 19 heavy (non-hydrogen) atoms. The minimum Gasteiger partial charge on any atom is -0.508 e. The van der Waals surface area contributed by atoms with Crippen molar-refractivity contribution in [1.82, 2.24) is 5.32 Å². The summed E-state index contributed by atoms with van der Waals surface area (Å²) in [7, 11) is 0. The number of hydrogen-bond acceptors (Lipinski definition) is 3. The van der Waals surface area contributed by atoms with Gasteiger partial charge in [0.1, 0.15) is 11.5 Å². The summed E-state index contributed by atoms with van der Waals surface area (Å²) in [5.41, 5.74) is 1.18. The predicted octanol–water partition coefficient (Wildman–Crippen LogP) is 3.66. The summed E-state index contributed by atoms with van der Waals surface area (Å²) < 4.78 is 5.33.